The van der Waals surface area contributed by atoms with E-state index >= 15 is 0 Å². The van der Waals surface area contributed by atoms with Crippen molar-refractivity contribution in [3.05, 3.63) is 53.1 Å². The third-order valence-corrected chi connectivity index (χ3v) is 3.81. The molecule has 0 bridgehead atoms. The van der Waals surface area contributed by atoms with E-state index in [4.69, 9.17) is 21.1 Å². The summed E-state index contributed by atoms with van der Waals surface area (Å²) < 4.78 is 39.6. The van der Waals surface area contributed by atoms with Crippen LogP contribution in [0.1, 0.15) is 24.2 Å². The minimum absolute atomic E-state index is 0.0162. The maximum absolute atomic E-state index is 12.4. The highest BCUT2D eigenvalue weighted by molar-refractivity contribution is 6.33. The minimum Gasteiger partial charge on any atom is -0.490 e. The first-order valence-electron chi connectivity index (χ1n) is 8.29. The van der Waals surface area contributed by atoms with Gasteiger partial charge < -0.3 is 19.5 Å². The van der Waals surface area contributed by atoms with E-state index in [9.17, 15) is 18.4 Å². The van der Waals surface area contributed by atoms with Crippen LogP contribution in [0.25, 0.3) is 0 Å². The van der Waals surface area contributed by atoms with Gasteiger partial charge in [0.2, 0.25) is 0 Å². The van der Waals surface area contributed by atoms with Gasteiger partial charge in [0.1, 0.15) is 0 Å². The number of benzene rings is 2. The Morgan fingerprint density at radius 3 is 2.50 bits per heavy atom. The van der Waals surface area contributed by atoms with E-state index in [0.717, 1.165) is 0 Å². The Kier molecular flexibility index (Phi) is 7.57. The molecule has 1 atom stereocenters. The molecule has 0 heterocycles. The summed E-state index contributed by atoms with van der Waals surface area (Å²) in [4.78, 5) is 24.5. The Labute approximate surface area is 165 Å². The van der Waals surface area contributed by atoms with Crippen LogP contribution in [0.15, 0.2) is 42.5 Å². The standard InChI is InChI=1S/C19H18ClF2NO5/c1-3-26-16-10-12(8-9-15(16)28-19(21)22)18(25)27-11(2)17(24)23-14-7-5-4-6-13(14)20/h4-11,19H,3H2,1-2H3,(H,23,24)/t11-/m1/s1. The van der Waals surface area contributed by atoms with Gasteiger partial charge in [0.25, 0.3) is 5.91 Å². The predicted octanol–water partition coefficient (Wildman–Crippen LogP) is 4.52. The zero-order chi connectivity index (χ0) is 20.7. The van der Waals surface area contributed by atoms with E-state index in [1.807, 2.05) is 0 Å². The van der Waals surface area contributed by atoms with Crippen molar-refractivity contribution < 1.29 is 32.6 Å². The van der Waals surface area contributed by atoms with Crippen molar-refractivity contribution in [2.75, 3.05) is 11.9 Å². The highest BCUT2D eigenvalue weighted by Gasteiger charge is 2.21. The zero-order valence-corrected chi connectivity index (χ0v) is 15.8. The lowest BCUT2D eigenvalue weighted by Crippen LogP contribution is -2.30. The molecule has 2 aromatic carbocycles. The monoisotopic (exact) mass is 413 g/mol. The van der Waals surface area contributed by atoms with E-state index in [-0.39, 0.29) is 23.7 Å². The molecule has 2 rings (SSSR count). The average Bonchev–Trinajstić information content (AvgIpc) is 2.64. The van der Waals surface area contributed by atoms with Crippen molar-refractivity contribution in [3.63, 3.8) is 0 Å². The molecule has 0 unspecified atom stereocenters. The van der Waals surface area contributed by atoms with E-state index < -0.39 is 24.6 Å². The van der Waals surface area contributed by atoms with Gasteiger partial charge in [-0.05, 0) is 44.2 Å². The van der Waals surface area contributed by atoms with Crippen LogP contribution < -0.4 is 14.8 Å². The summed E-state index contributed by atoms with van der Waals surface area (Å²) in [7, 11) is 0. The number of halogens is 3. The second-order valence-electron chi connectivity index (χ2n) is 5.49. The first-order valence-corrected chi connectivity index (χ1v) is 8.67. The van der Waals surface area contributed by atoms with Crippen LogP contribution in [0.4, 0.5) is 14.5 Å². The molecule has 2 aromatic rings. The maximum atomic E-state index is 12.4. The van der Waals surface area contributed by atoms with Crippen molar-refractivity contribution in [2.24, 2.45) is 0 Å². The second-order valence-corrected chi connectivity index (χ2v) is 5.90. The molecule has 150 valence electrons. The zero-order valence-electron chi connectivity index (χ0n) is 15.1. The summed E-state index contributed by atoms with van der Waals surface area (Å²) in [5, 5.41) is 2.89. The van der Waals surface area contributed by atoms with Gasteiger partial charge in [0.05, 0.1) is 22.9 Å². The van der Waals surface area contributed by atoms with Gasteiger partial charge in [0, 0.05) is 0 Å². The van der Waals surface area contributed by atoms with Crippen molar-refractivity contribution in [1.82, 2.24) is 0 Å². The first kappa shape index (κ1) is 21.4. The number of nitrogens with one attached hydrogen (secondary N) is 1. The fraction of sp³-hybridized carbons (Fsp3) is 0.263. The maximum Gasteiger partial charge on any atom is 0.387 e. The van der Waals surface area contributed by atoms with Crippen molar-refractivity contribution in [3.8, 4) is 11.5 Å². The van der Waals surface area contributed by atoms with E-state index in [2.05, 4.69) is 10.1 Å². The summed E-state index contributed by atoms with van der Waals surface area (Å²) in [6.45, 7) is 0.181. The van der Waals surface area contributed by atoms with Crippen LogP contribution in [0, 0.1) is 0 Å². The third-order valence-electron chi connectivity index (χ3n) is 3.48. The number of hydrogen-bond donors (Lipinski definition) is 1. The quantitative estimate of drug-likeness (QED) is 0.644. The van der Waals surface area contributed by atoms with Gasteiger partial charge in [-0.15, -0.1) is 0 Å². The van der Waals surface area contributed by atoms with Crippen LogP contribution in [-0.2, 0) is 9.53 Å². The van der Waals surface area contributed by atoms with Gasteiger partial charge in [-0.2, -0.15) is 8.78 Å². The number of ether oxygens (including phenoxy) is 3. The van der Waals surface area contributed by atoms with Gasteiger partial charge in [-0.3, -0.25) is 4.79 Å². The van der Waals surface area contributed by atoms with Crippen LogP contribution in [0.3, 0.4) is 0 Å². The Balaban J connectivity index is 2.07. The SMILES string of the molecule is CCOc1cc(C(=O)O[C@H](C)C(=O)Nc2ccccc2Cl)ccc1OC(F)F. The van der Waals surface area contributed by atoms with Crippen LogP contribution in [0.2, 0.25) is 5.02 Å². The highest BCUT2D eigenvalue weighted by atomic mass is 35.5. The molecule has 0 radical (unpaired) electrons. The Hall–Kier alpha value is -2.87. The number of anilines is 1. The van der Waals surface area contributed by atoms with E-state index in [0.29, 0.717) is 10.7 Å². The first-order chi connectivity index (χ1) is 13.3. The second kappa shape index (κ2) is 9.89. The van der Waals surface area contributed by atoms with Crippen LogP contribution in [-0.4, -0.2) is 31.2 Å². The average molecular weight is 414 g/mol. The molecule has 28 heavy (non-hydrogen) atoms. The molecule has 1 N–H and O–H groups in total. The van der Waals surface area contributed by atoms with Crippen molar-refractivity contribution >= 4 is 29.2 Å². The number of amides is 1. The summed E-state index contributed by atoms with van der Waals surface area (Å²) in [5.74, 6) is -1.65. The van der Waals surface area contributed by atoms with Crippen molar-refractivity contribution in [1.29, 1.82) is 0 Å². The summed E-state index contributed by atoms with van der Waals surface area (Å²) in [5.41, 5.74) is 0.395. The Morgan fingerprint density at radius 2 is 1.86 bits per heavy atom. The molecule has 0 saturated carbocycles. The van der Waals surface area contributed by atoms with Crippen molar-refractivity contribution in [2.45, 2.75) is 26.6 Å². The number of alkyl halides is 2. The highest BCUT2D eigenvalue weighted by Crippen LogP contribution is 2.30. The fourth-order valence-electron chi connectivity index (χ4n) is 2.18. The molecule has 0 spiro atoms. The molecule has 0 aliphatic rings. The molecular formula is C19H18ClF2NO5. The summed E-state index contributed by atoms with van der Waals surface area (Å²) in [6, 6.07) is 10.2. The molecular weight excluding hydrogens is 396 g/mol. The van der Waals surface area contributed by atoms with Gasteiger partial charge in [-0.1, -0.05) is 23.7 Å². The lowest BCUT2D eigenvalue weighted by atomic mass is 10.2. The van der Waals surface area contributed by atoms with Crippen LogP contribution in [0.5, 0.6) is 11.5 Å². The van der Waals surface area contributed by atoms with Gasteiger partial charge in [-0.25, -0.2) is 4.79 Å². The number of carbonyl (C=O) groups is 2. The molecule has 6 nitrogen and oxygen atoms in total. The van der Waals surface area contributed by atoms with Crippen LogP contribution >= 0.6 is 11.6 Å². The molecule has 0 fully saturated rings. The molecule has 1 amide bonds. The van der Waals surface area contributed by atoms with E-state index in [1.165, 1.54) is 25.1 Å². The van der Waals surface area contributed by atoms with E-state index in [1.54, 1.807) is 31.2 Å². The number of carbonyl (C=O) groups excluding carboxylic acids is 2. The minimum atomic E-state index is -3.04. The predicted molar refractivity (Wildman–Crippen MR) is 99.2 cm³/mol. The summed E-state index contributed by atoms with van der Waals surface area (Å²) in [6.07, 6.45) is -1.13. The number of hydrogen-bond acceptors (Lipinski definition) is 5. The molecule has 9 heteroatoms. The molecule has 0 saturated heterocycles. The number of para-hydroxylation sites is 1. The third kappa shape index (κ3) is 5.82. The fourth-order valence-corrected chi connectivity index (χ4v) is 2.36. The summed E-state index contributed by atoms with van der Waals surface area (Å²) >= 11 is 5.97. The Bertz CT molecular complexity index is 847. The molecule has 0 aromatic heterocycles. The molecule has 0 aliphatic carbocycles. The number of rotatable bonds is 8. The largest absolute Gasteiger partial charge is 0.490 e. The smallest absolute Gasteiger partial charge is 0.387 e. The lowest BCUT2D eigenvalue weighted by molar-refractivity contribution is -0.123. The van der Waals surface area contributed by atoms with Gasteiger partial charge >= 0.3 is 12.6 Å². The lowest BCUT2D eigenvalue weighted by Gasteiger charge is -2.15. The normalized spacial score (nSPS) is 11.6. The Morgan fingerprint density at radius 1 is 1.14 bits per heavy atom. The molecule has 0 aliphatic heterocycles. The van der Waals surface area contributed by atoms with Gasteiger partial charge in [0.15, 0.2) is 17.6 Å². The topological polar surface area (TPSA) is 73.9 Å². The number of esters is 1.